The number of hydrogen-bond donors (Lipinski definition) is 1. The first-order valence-corrected chi connectivity index (χ1v) is 5.75. The highest BCUT2D eigenvalue weighted by molar-refractivity contribution is 5.81. The highest BCUT2D eigenvalue weighted by Gasteiger charge is 2.15. The Labute approximate surface area is 102 Å². The van der Waals surface area contributed by atoms with Gasteiger partial charge in [-0.25, -0.2) is 0 Å². The zero-order valence-corrected chi connectivity index (χ0v) is 10.6. The van der Waals surface area contributed by atoms with Gasteiger partial charge in [-0.05, 0) is 31.5 Å². The number of hydrogen-bond acceptors (Lipinski definition) is 3. The molecule has 0 saturated carbocycles. The maximum atomic E-state index is 11.8. The molecular formula is C13H20N2O2. The van der Waals surface area contributed by atoms with Crippen LogP contribution < -0.4 is 10.5 Å². The summed E-state index contributed by atoms with van der Waals surface area (Å²) in [5.74, 6) is 0.790. The number of rotatable bonds is 5. The van der Waals surface area contributed by atoms with E-state index >= 15 is 0 Å². The molecular weight excluding hydrogens is 216 g/mol. The van der Waals surface area contributed by atoms with Crippen molar-refractivity contribution in [2.45, 2.75) is 26.4 Å². The monoisotopic (exact) mass is 236 g/mol. The number of nitrogens with zero attached hydrogens (tertiary/aromatic N) is 1. The molecule has 0 spiro atoms. The molecule has 17 heavy (non-hydrogen) atoms. The molecule has 94 valence electrons. The highest BCUT2D eigenvalue weighted by atomic mass is 16.5. The number of benzene rings is 1. The fourth-order valence-electron chi connectivity index (χ4n) is 1.58. The minimum atomic E-state index is -0.451. The molecule has 0 fully saturated rings. The molecule has 1 amide bonds. The molecule has 0 heterocycles. The van der Waals surface area contributed by atoms with Crippen LogP contribution in [0.3, 0.4) is 0 Å². The van der Waals surface area contributed by atoms with Crippen LogP contribution in [0.15, 0.2) is 24.3 Å². The summed E-state index contributed by atoms with van der Waals surface area (Å²) in [7, 11) is 1.63. The van der Waals surface area contributed by atoms with E-state index in [1.54, 1.807) is 18.9 Å². The quantitative estimate of drug-likeness (QED) is 0.840. The standard InChI is InChI=1S/C13H20N2O2/c1-4-15(13(16)10(2)14)9-11-5-7-12(17-3)8-6-11/h5-8,10H,4,9,14H2,1-3H3. The van der Waals surface area contributed by atoms with Crippen molar-refractivity contribution >= 4 is 5.91 Å². The SMILES string of the molecule is CCN(Cc1ccc(OC)cc1)C(=O)C(C)N. The molecule has 0 aromatic heterocycles. The van der Waals surface area contributed by atoms with Gasteiger partial charge in [0.05, 0.1) is 13.2 Å². The first kappa shape index (κ1) is 13.5. The molecule has 1 aromatic carbocycles. The second kappa shape index (κ2) is 6.25. The Balaban J connectivity index is 2.70. The van der Waals surface area contributed by atoms with Gasteiger partial charge in [0.15, 0.2) is 0 Å². The van der Waals surface area contributed by atoms with E-state index in [-0.39, 0.29) is 5.91 Å². The number of carbonyl (C=O) groups is 1. The Morgan fingerprint density at radius 3 is 2.41 bits per heavy atom. The van der Waals surface area contributed by atoms with Gasteiger partial charge in [0.2, 0.25) is 5.91 Å². The van der Waals surface area contributed by atoms with E-state index in [0.717, 1.165) is 11.3 Å². The molecule has 0 aliphatic carbocycles. The van der Waals surface area contributed by atoms with Crippen molar-refractivity contribution in [3.05, 3.63) is 29.8 Å². The van der Waals surface area contributed by atoms with Gasteiger partial charge >= 0.3 is 0 Å². The van der Waals surface area contributed by atoms with Gasteiger partial charge in [-0.3, -0.25) is 4.79 Å². The van der Waals surface area contributed by atoms with E-state index in [9.17, 15) is 4.79 Å². The second-order valence-corrected chi connectivity index (χ2v) is 3.99. The summed E-state index contributed by atoms with van der Waals surface area (Å²) in [5, 5.41) is 0. The molecule has 0 aliphatic rings. The van der Waals surface area contributed by atoms with Gasteiger partial charge in [0, 0.05) is 13.1 Å². The number of nitrogens with two attached hydrogens (primary N) is 1. The molecule has 1 atom stereocenters. The van der Waals surface area contributed by atoms with Gasteiger partial charge in [0.1, 0.15) is 5.75 Å². The fraction of sp³-hybridized carbons (Fsp3) is 0.462. The third kappa shape index (κ3) is 3.75. The van der Waals surface area contributed by atoms with Crippen LogP contribution in [0.2, 0.25) is 0 Å². The summed E-state index contributed by atoms with van der Waals surface area (Å²) in [6.45, 7) is 4.90. The van der Waals surface area contributed by atoms with E-state index in [0.29, 0.717) is 13.1 Å². The van der Waals surface area contributed by atoms with Gasteiger partial charge < -0.3 is 15.4 Å². The van der Waals surface area contributed by atoms with Crippen molar-refractivity contribution in [3.8, 4) is 5.75 Å². The lowest BCUT2D eigenvalue weighted by Crippen LogP contribution is -2.41. The lowest BCUT2D eigenvalue weighted by atomic mass is 10.2. The number of methoxy groups -OCH3 is 1. The highest BCUT2D eigenvalue weighted by Crippen LogP contribution is 2.13. The molecule has 1 aromatic rings. The molecule has 0 aliphatic heterocycles. The molecule has 4 heteroatoms. The zero-order chi connectivity index (χ0) is 12.8. The van der Waals surface area contributed by atoms with Crippen molar-refractivity contribution in [3.63, 3.8) is 0 Å². The van der Waals surface area contributed by atoms with Crippen molar-refractivity contribution in [1.82, 2.24) is 4.90 Å². The first-order valence-electron chi connectivity index (χ1n) is 5.75. The van der Waals surface area contributed by atoms with Gasteiger partial charge in [0.25, 0.3) is 0 Å². The van der Waals surface area contributed by atoms with E-state index in [2.05, 4.69) is 0 Å². The van der Waals surface area contributed by atoms with Gasteiger partial charge in [-0.1, -0.05) is 12.1 Å². The summed E-state index contributed by atoms with van der Waals surface area (Å²) in [4.78, 5) is 13.5. The third-order valence-corrected chi connectivity index (χ3v) is 2.62. The van der Waals surface area contributed by atoms with Crippen LogP contribution in [0.4, 0.5) is 0 Å². The van der Waals surface area contributed by atoms with E-state index in [1.807, 2.05) is 31.2 Å². The summed E-state index contributed by atoms with van der Waals surface area (Å²) < 4.78 is 5.09. The minimum Gasteiger partial charge on any atom is -0.497 e. The first-order chi connectivity index (χ1) is 8.08. The maximum absolute atomic E-state index is 11.8. The minimum absolute atomic E-state index is 0.0247. The van der Waals surface area contributed by atoms with Gasteiger partial charge in [-0.2, -0.15) is 0 Å². The molecule has 0 radical (unpaired) electrons. The Morgan fingerprint density at radius 1 is 1.41 bits per heavy atom. The maximum Gasteiger partial charge on any atom is 0.239 e. The number of ether oxygens (including phenoxy) is 1. The summed E-state index contributed by atoms with van der Waals surface area (Å²) >= 11 is 0. The van der Waals surface area contributed by atoms with Crippen LogP contribution in [0.25, 0.3) is 0 Å². The summed E-state index contributed by atoms with van der Waals surface area (Å²) in [6, 6.07) is 7.23. The Morgan fingerprint density at radius 2 is 2.00 bits per heavy atom. The number of carbonyl (C=O) groups excluding carboxylic acids is 1. The van der Waals surface area contributed by atoms with Crippen LogP contribution in [0.1, 0.15) is 19.4 Å². The zero-order valence-electron chi connectivity index (χ0n) is 10.6. The molecule has 2 N–H and O–H groups in total. The molecule has 4 nitrogen and oxygen atoms in total. The predicted molar refractivity (Wildman–Crippen MR) is 67.7 cm³/mol. The summed E-state index contributed by atoms with van der Waals surface area (Å²) in [5.41, 5.74) is 6.67. The molecule has 0 bridgehead atoms. The summed E-state index contributed by atoms with van der Waals surface area (Å²) in [6.07, 6.45) is 0. The van der Waals surface area contributed by atoms with Crippen LogP contribution >= 0.6 is 0 Å². The smallest absolute Gasteiger partial charge is 0.239 e. The van der Waals surface area contributed by atoms with E-state index in [4.69, 9.17) is 10.5 Å². The second-order valence-electron chi connectivity index (χ2n) is 3.99. The average molecular weight is 236 g/mol. The van der Waals surface area contributed by atoms with Crippen LogP contribution in [0.5, 0.6) is 5.75 Å². The largest absolute Gasteiger partial charge is 0.497 e. The van der Waals surface area contributed by atoms with Crippen LogP contribution in [-0.4, -0.2) is 30.5 Å². The molecule has 0 saturated heterocycles. The van der Waals surface area contributed by atoms with Crippen molar-refractivity contribution < 1.29 is 9.53 Å². The van der Waals surface area contributed by atoms with Gasteiger partial charge in [-0.15, -0.1) is 0 Å². The van der Waals surface area contributed by atoms with Crippen molar-refractivity contribution in [1.29, 1.82) is 0 Å². The molecule has 1 unspecified atom stereocenters. The lowest BCUT2D eigenvalue weighted by Gasteiger charge is -2.22. The lowest BCUT2D eigenvalue weighted by molar-refractivity contribution is -0.132. The Hall–Kier alpha value is -1.55. The topological polar surface area (TPSA) is 55.6 Å². The van der Waals surface area contributed by atoms with Crippen LogP contribution in [-0.2, 0) is 11.3 Å². The normalized spacial score (nSPS) is 12.0. The predicted octanol–water partition coefficient (Wildman–Crippen LogP) is 1.39. The van der Waals surface area contributed by atoms with Crippen molar-refractivity contribution in [2.75, 3.05) is 13.7 Å². The van der Waals surface area contributed by atoms with Crippen molar-refractivity contribution in [2.24, 2.45) is 5.73 Å². The molecule has 1 rings (SSSR count). The van der Waals surface area contributed by atoms with E-state index < -0.39 is 6.04 Å². The van der Waals surface area contributed by atoms with E-state index in [1.165, 1.54) is 0 Å². The van der Waals surface area contributed by atoms with Crippen LogP contribution in [0, 0.1) is 0 Å². The Bertz CT molecular complexity index is 360. The number of amides is 1. The fourth-order valence-corrected chi connectivity index (χ4v) is 1.58. The number of likely N-dealkylation sites (N-methyl/N-ethyl adjacent to an activating group) is 1. The average Bonchev–Trinajstić information content (AvgIpc) is 2.35. The Kier molecular flexibility index (Phi) is 4.97. The third-order valence-electron chi connectivity index (χ3n) is 2.62.